The predicted molar refractivity (Wildman–Crippen MR) is 79.8 cm³/mol. The van der Waals surface area contributed by atoms with Crippen LogP contribution in [-0.2, 0) is 4.79 Å². The molecular formula is C16H22N2O3. The molecule has 0 aliphatic carbocycles. The topological polar surface area (TPSA) is 82.3 Å². The highest BCUT2D eigenvalue weighted by molar-refractivity contribution is 5.80. The molecule has 0 bridgehead atoms. The maximum atomic E-state index is 12.0. The quantitative estimate of drug-likeness (QED) is 0.804. The molecule has 2 unspecified atom stereocenters. The van der Waals surface area contributed by atoms with Gasteiger partial charge in [-0.1, -0.05) is 25.5 Å². The van der Waals surface area contributed by atoms with E-state index in [4.69, 9.17) is 10.00 Å². The van der Waals surface area contributed by atoms with Gasteiger partial charge in [-0.05, 0) is 32.4 Å². The van der Waals surface area contributed by atoms with Crippen LogP contribution in [0.5, 0.6) is 5.75 Å². The van der Waals surface area contributed by atoms with Crippen LogP contribution in [0, 0.1) is 11.3 Å². The number of benzene rings is 1. The highest BCUT2D eigenvalue weighted by atomic mass is 16.5. The molecule has 0 heterocycles. The van der Waals surface area contributed by atoms with E-state index in [1.54, 1.807) is 38.1 Å². The lowest BCUT2D eigenvalue weighted by Crippen LogP contribution is -2.45. The van der Waals surface area contributed by atoms with Crippen LogP contribution in [0.2, 0.25) is 0 Å². The Bertz CT molecular complexity index is 520. The van der Waals surface area contributed by atoms with Gasteiger partial charge in [0.25, 0.3) is 5.91 Å². The average Bonchev–Trinajstić information content (AvgIpc) is 2.45. The van der Waals surface area contributed by atoms with E-state index in [1.165, 1.54) is 0 Å². The van der Waals surface area contributed by atoms with Gasteiger partial charge < -0.3 is 15.2 Å². The summed E-state index contributed by atoms with van der Waals surface area (Å²) in [6.07, 6.45) is 0.710. The summed E-state index contributed by atoms with van der Waals surface area (Å²) in [7, 11) is 0. The molecule has 2 atom stereocenters. The van der Waals surface area contributed by atoms with Crippen LogP contribution in [0.15, 0.2) is 24.3 Å². The first-order chi connectivity index (χ1) is 9.89. The number of rotatable bonds is 7. The molecule has 0 radical (unpaired) electrons. The zero-order chi connectivity index (χ0) is 15.9. The minimum Gasteiger partial charge on any atom is -0.480 e. The summed E-state index contributed by atoms with van der Waals surface area (Å²) in [6.45, 7) is 5.44. The zero-order valence-corrected chi connectivity index (χ0v) is 12.7. The van der Waals surface area contributed by atoms with Crippen molar-refractivity contribution in [2.75, 3.05) is 6.54 Å². The standard InChI is InChI=1S/C16H22N2O3/c1-4-9-16(3,20)11-18-15(19)12(2)21-14-8-6-5-7-13(14)10-17/h5-8,12,20H,4,9,11H2,1-3H3,(H,18,19). The van der Waals surface area contributed by atoms with Gasteiger partial charge in [0.05, 0.1) is 11.2 Å². The number of amides is 1. The van der Waals surface area contributed by atoms with Gasteiger partial charge in [0, 0.05) is 6.54 Å². The number of ether oxygens (including phenoxy) is 1. The lowest BCUT2D eigenvalue weighted by atomic mass is 10.0. The summed E-state index contributed by atoms with van der Waals surface area (Å²) in [6, 6.07) is 8.77. The van der Waals surface area contributed by atoms with Crippen LogP contribution in [-0.4, -0.2) is 29.3 Å². The number of hydrogen-bond acceptors (Lipinski definition) is 4. The Kier molecular flexibility index (Phi) is 6.19. The average molecular weight is 290 g/mol. The summed E-state index contributed by atoms with van der Waals surface area (Å²) >= 11 is 0. The fourth-order valence-corrected chi connectivity index (χ4v) is 1.95. The van der Waals surface area contributed by atoms with E-state index in [0.29, 0.717) is 17.7 Å². The van der Waals surface area contributed by atoms with Crippen molar-refractivity contribution in [1.82, 2.24) is 5.32 Å². The third-order valence-electron chi connectivity index (χ3n) is 3.11. The highest BCUT2D eigenvalue weighted by Crippen LogP contribution is 2.18. The van der Waals surface area contributed by atoms with Crippen molar-refractivity contribution >= 4 is 5.91 Å². The Balaban J connectivity index is 2.58. The first-order valence-electron chi connectivity index (χ1n) is 7.05. The molecule has 5 nitrogen and oxygen atoms in total. The van der Waals surface area contributed by atoms with Crippen LogP contribution < -0.4 is 10.1 Å². The largest absolute Gasteiger partial charge is 0.480 e. The third kappa shape index (κ3) is 5.44. The van der Waals surface area contributed by atoms with E-state index >= 15 is 0 Å². The van der Waals surface area contributed by atoms with Crippen LogP contribution in [0.25, 0.3) is 0 Å². The number of carbonyl (C=O) groups excluding carboxylic acids is 1. The lowest BCUT2D eigenvalue weighted by molar-refractivity contribution is -0.128. The smallest absolute Gasteiger partial charge is 0.260 e. The number of nitrogens with one attached hydrogen (secondary N) is 1. The molecule has 1 aromatic rings. The van der Waals surface area contributed by atoms with E-state index < -0.39 is 11.7 Å². The predicted octanol–water partition coefficient (Wildman–Crippen LogP) is 1.99. The number of nitrogens with zero attached hydrogens (tertiary/aromatic N) is 1. The van der Waals surface area contributed by atoms with Crippen LogP contribution in [0.1, 0.15) is 39.2 Å². The van der Waals surface area contributed by atoms with E-state index in [0.717, 1.165) is 6.42 Å². The van der Waals surface area contributed by atoms with Gasteiger partial charge in [0.15, 0.2) is 6.10 Å². The van der Waals surface area contributed by atoms with E-state index in [9.17, 15) is 9.90 Å². The van der Waals surface area contributed by atoms with Gasteiger partial charge in [0.1, 0.15) is 11.8 Å². The molecule has 21 heavy (non-hydrogen) atoms. The molecule has 1 rings (SSSR count). The van der Waals surface area contributed by atoms with Gasteiger partial charge in [0.2, 0.25) is 0 Å². The van der Waals surface area contributed by atoms with Gasteiger partial charge in [-0.3, -0.25) is 4.79 Å². The SMILES string of the molecule is CCCC(C)(O)CNC(=O)C(C)Oc1ccccc1C#N. The summed E-state index contributed by atoms with van der Waals surface area (Å²) in [5, 5.41) is 21.7. The first kappa shape index (κ1) is 17.0. The van der Waals surface area contributed by atoms with Crippen molar-refractivity contribution in [3.8, 4) is 11.8 Å². The van der Waals surface area contributed by atoms with E-state index in [2.05, 4.69) is 5.32 Å². The molecule has 1 aromatic carbocycles. The first-order valence-corrected chi connectivity index (χ1v) is 7.05. The number of para-hydroxylation sites is 1. The summed E-state index contributed by atoms with van der Waals surface area (Å²) in [5.41, 5.74) is -0.538. The molecule has 0 saturated carbocycles. The van der Waals surface area contributed by atoms with Crippen molar-refractivity contribution < 1.29 is 14.6 Å². The summed E-state index contributed by atoms with van der Waals surface area (Å²) in [4.78, 5) is 12.0. The molecule has 0 aromatic heterocycles. The van der Waals surface area contributed by atoms with Crippen LogP contribution in [0.4, 0.5) is 0 Å². The second kappa shape index (κ2) is 7.65. The molecule has 0 fully saturated rings. The minimum atomic E-state index is -0.922. The molecule has 2 N–H and O–H groups in total. The molecule has 114 valence electrons. The number of carbonyl (C=O) groups is 1. The molecule has 0 saturated heterocycles. The highest BCUT2D eigenvalue weighted by Gasteiger charge is 2.22. The Labute approximate surface area is 125 Å². The maximum Gasteiger partial charge on any atom is 0.260 e. The van der Waals surface area contributed by atoms with Crippen LogP contribution >= 0.6 is 0 Å². The molecule has 5 heteroatoms. The fraction of sp³-hybridized carbons (Fsp3) is 0.500. The Morgan fingerprint density at radius 2 is 2.19 bits per heavy atom. The second-order valence-corrected chi connectivity index (χ2v) is 5.33. The Hall–Kier alpha value is -2.06. The summed E-state index contributed by atoms with van der Waals surface area (Å²) < 4.78 is 5.51. The van der Waals surface area contributed by atoms with Crippen molar-refractivity contribution in [3.05, 3.63) is 29.8 Å². The van der Waals surface area contributed by atoms with Crippen molar-refractivity contribution in [2.24, 2.45) is 0 Å². The van der Waals surface area contributed by atoms with Gasteiger partial charge in [-0.15, -0.1) is 0 Å². The Morgan fingerprint density at radius 1 is 1.52 bits per heavy atom. The van der Waals surface area contributed by atoms with Gasteiger partial charge in [-0.2, -0.15) is 5.26 Å². The normalized spacial score (nSPS) is 14.6. The summed E-state index contributed by atoms with van der Waals surface area (Å²) in [5.74, 6) is 0.0575. The van der Waals surface area contributed by atoms with Gasteiger partial charge in [-0.25, -0.2) is 0 Å². The Morgan fingerprint density at radius 3 is 2.81 bits per heavy atom. The molecule has 0 aliphatic heterocycles. The van der Waals surface area contributed by atoms with Gasteiger partial charge >= 0.3 is 0 Å². The number of hydrogen-bond donors (Lipinski definition) is 2. The zero-order valence-electron chi connectivity index (χ0n) is 12.7. The maximum absolute atomic E-state index is 12.0. The lowest BCUT2D eigenvalue weighted by Gasteiger charge is -2.24. The third-order valence-corrected chi connectivity index (χ3v) is 3.11. The van der Waals surface area contributed by atoms with E-state index in [1.807, 2.05) is 13.0 Å². The molecule has 0 spiro atoms. The van der Waals surface area contributed by atoms with Crippen molar-refractivity contribution in [2.45, 2.75) is 45.3 Å². The van der Waals surface area contributed by atoms with Crippen molar-refractivity contribution in [1.29, 1.82) is 5.26 Å². The minimum absolute atomic E-state index is 0.174. The second-order valence-electron chi connectivity index (χ2n) is 5.33. The van der Waals surface area contributed by atoms with Crippen molar-refractivity contribution in [3.63, 3.8) is 0 Å². The number of aliphatic hydroxyl groups is 1. The molecular weight excluding hydrogens is 268 g/mol. The monoisotopic (exact) mass is 290 g/mol. The van der Waals surface area contributed by atoms with Crippen LogP contribution in [0.3, 0.4) is 0 Å². The molecule has 1 amide bonds. The fourth-order valence-electron chi connectivity index (χ4n) is 1.95. The van der Waals surface area contributed by atoms with E-state index in [-0.39, 0.29) is 12.5 Å². The molecule has 0 aliphatic rings. The number of nitriles is 1.